The zero-order valence-electron chi connectivity index (χ0n) is 12.4. The van der Waals surface area contributed by atoms with Crippen molar-refractivity contribution >= 4 is 21.2 Å². The van der Waals surface area contributed by atoms with Gasteiger partial charge >= 0.3 is 5.69 Å². The molecule has 1 fully saturated rings. The first kappa shape index (κ1) is 15.2. The van der Waals surface area contributed by atoms with Crippen molar-refractivity contribution in [2.24, 2.45) is 0 Å². The van der Waals surface area contributed by atoms with Gasteiger partial charge in [0.05, 0.1) is 18.0 Å². The first-order valence-electron chi connectivity index (χ1n) is 7.41. The number of piperidine rings is 1. The minimum absolute atomic E-state index is 0.144. The number of H-pyrrole nitrogens is 1. The van der Waals surface area contributed by atoms with E-state index in [0.717, 1.165) is 12.8 Å². The number of imidazole rings is 1. The number of rotatable bonds is 4. The molecule has 1 atom stereocenters. The Morgan fingerprint density at radius 3 is 3.05 bits per heavy atom. The van der Waals surface area contributed by atoms with Crippen molar-refractivity contribution in [2.75, 3.05) is 18.8 Å². The molecular weight excluding hydrogens is 306 g/mol. The van der Waals surface area contributed by atoms with Crippen LogP contribution in [0.15, 0.2) is 17.3 Å². The van der Waals surface area contributed by atoms with Crippen LogP contribution in [0.1, 0.15) is 32.2 Å². The van der Waals surface area contributed by atoms with Crippen molar-refractivity contribution in [3.8, 4) is 0 Å². The van der Waals surface area contributed by atoms with E-state index < -0.39 is 10.0 Å². The number of fused-ring (bicyclic) bond motifs is 1. The van der Waals surface area contributed by atoms with Crippen LogP contribution in [0.2, 0.25) is 0 Å². The van der Waals surface area contributed by atoms with Crippen LogP contribution in [0, 0.1) is 0 Å². The Morgan fingerprint density at radius 1 is 1.45 bits per heavy atom. The topological polar surface area (TPSA) is 101 Å². The second-order valence-electron chi connectivity index (χ2n) is 5.53. The van der Waals surface area contributed by atoms with Gasteiger partial charge < -0.3 is 4.98 Å². The van der Waals surface area contributed by atoms with Crippen molar-refractivity contribution < 1.29 is 8.42 Å². The highest BCUT2D eigenvalue weighted by Gasteiger charge is 2.30. The van der Waals surface area contributed by atoms with Crippen LogP contribution in [0.25, 0.3) is 11.2 Å². The molecule has 3 heterocycles. The summed E-state index contributed by atoms with van der Waals surface area (Å²) in [5.41, 5.74) is 0.830. The molecule has 2 aromatic heterocycles. The van der Waals surface area contributed by atoms with Crippen LogP contribution < -0.4 is 5.69 Å². The van der Waals surface area contributed by atoms with Gasteiger partial charge in [0.25, 0.3) is 0 Å². The molecule has 8 nitrogen and oxygen atoms in total. The van der Waals surface area contributed by atoms with E-state index in [1.807, 2.05) is 6.92 Å². The summed E-state index contributed by atoms with van der Waals surface area (Å²) in [5, 5.41) is 0. The van der Waals surface area contributed by atoms with E-state index in [0.29, 0.717) is 30.7 Å². The SMILES string of the molecule is CCCS(=O)(=O)N1CCCC(n2c(=O)[nH]c3cncnc32)C1. The molecule has 3 rings (SSSR count). The van der Waals surface area contributed by atoms with Crippen LogP contribution in [0.3, 0.4) is 0 Å². The number of nitrogens with one attached hydrogen (secondary N) is 1. The smallest absolute Gasteiger partial charge is 0.303 e. The molecule has 0 saturated carbocycles. The number of aromatic amines is 1. The molecule has 1 unspecified atom stereocenters. The van der Waals surface area contributed by atoms with Crippen LogP contribution in [-0.2, 0) is 10.0 Å². The molecule has 0 aromatic carbocycles. The van der Waals surface area contributed by atoms with Gasteiger partial charge in [0.1, 0.15) is 11.8 Å². The molecule has 0 bridgehead atoms. The summed E-state index contributed by atoms with van der Waals surface area (Å²) in [7, 11) is -3.25. The number of aromatic nitrogens is 4. The van der Waals surface area contributed by atoms with Crippen LogP contribution in [0.5, 0.6) is 0 Å². The van der Waals surface area contributed by atoms with Crippen molar-refractivity contribution in [3.05, 3.63) is 23.0 Å². The van der Waals surface area contributed by atoms with Gasteiger partial charge in [-0.25, -0.2) is 23.2 Å². The molecule has 1 aliphatic heterocycles. The second kappa shape index (κ2) is 5.81. The van der Waals surface area contributed by atoms with Crippen LogP contribution in [0.4, 0.5) is 0 Å². The second-order valence-corrected chi connectivity index (χ2v) is 7.62. The monoisotopic (exact) mass is 325 g/mol. The normalized spacial score (nSPS) is 20.5. The highest BCUT2D eigenvalue weighted by Crippen LogP contribution is 2.24. The Kier molecular flexibility index (Phi) is 4.00. The molecule has 0 radical (unpaired) electrons. The summed E-state index contributed by atoms with van der Waals surface area (Å²) in [4.78, 5) is 23.0. The maximum atomic E-state index is 12.3. The summed E-state index contributed by atoms with van der Waals surface area (Å²) in [6.45, 7) is 2.68. The van der Waals surface area contributed by atoms with E-state index in [9.17, 15) is 13.2 Å². The summed E-state index contributed by atoms with van der Waals surface area (Å²) in [5.74, 6) is 0.144. The average molecular weight is 325 g/mol. The van der Waals surface area contributed by atoms with Gasteiger partial charge in [-0.3, -0.25) is 4.57 Å². The molecule has 9 heteroatoms. The standard InChI is InChI=1S/C13H19N5O3S/c1-2-6-22(20,21)17-5-3-4-10(8-17)18-12-11(16-13(18)19)7-14-9-15-12/h7,9-10H,2-6,8H2,1H3,(H,16,19). The minimum Gasteiger partial charge on any atom is -0.303 e. The Labute approximate surface area is 128 Å². The number of hydrogen-bond donors (Lipinski definition) is 1. The third-order valence-corrected chi connectivity index (χ3v) is 6.00. The van der Waals surface area contributed by atoms with Gasteiger partial charge in [-0.05, 0) is 19.3 Å². The molecule has 1 aliphatic rings. The van der Waals surface area contributed by atoms with E-state index in [1.165, 1.54) is 10.6 Å². The molecule has 0 amide bonds. The quantitative estimate of drug-likeness (QED) is 0.882. The zero-order chi connectivity index (χ0) is 15.7. The maximum absolute atomic E-state index is 12.3. The number of sulfonamides is 1. The first-order chi connectivity index (χ1) is 10.5. The highest BCUT2D eigenvalue weighted by atomic mass is 32.2. The maximum Gasteiger partial charge on any atom is 0.328 e. The molecule has 0 aliphatic carbocycles. The average Bonchev–Trinajstić information content (AvgIpc) is 2.83. The van der Waals surface area contributed by atoms with Gasteiger partial charge in [-0.15, -0.1) is 0 Å². The van der Waals surface area contributed by atoms with Crippen molar-refractivity contribution in [3.63, 3.8) is 0 Å². The minimum atomic E-state index is -3.25. The zero-order valence-corrected chi connectivity index (χ0v) is 13.2. The highest BCUT2D eigenvalue weighted by molar-refractivity contribution is 7.89. The third-order valence-electron chi connectivity index (χ3n) is 3.96. The molecule has 1 saturated heterocycles. The Hall–Kier alpha value is -1.74. The molecular formula is C13H19N5O3S. The van der Waals surface area contributed by atoms with E-state index in [1.54, 1.807) is 10.8 Å². The lowest BCUT2D eigenvalue weighted by molar-refractivity contribution is 0.266. The summed E-state index contributed by atoms with van der Waals surface area (Å²) in [6, 6.07) is -0.198. The van der Waals surface area contributed by atoms with Crippen molar-refractivity contribution in [1.29, 1.82) is 0 Å². The van der Waals surface area contributed by atoms with Crippen molar-refractivity contribution in [1.82, 2.24) is 23.8 Å². The Morgan fingerprint density at radius 2 is 2.27 bits per heavy atom. The Balaban J connectivity index is 1.95. The van der Waals surface area contributed by atoms with Gasteiger partial charge in [-0.2, -0.15) is 4.31 Å². The van der Waals surface area contributed by atoms with Crippen LogP contribution >= 0.6 is 0 Å². The van der Waals surface area contributed by atoms with E-state index in [4.69, 9.17) is 0 Å². The lowest BCUT2D eigenvalue weighted by atomic mass is 10.1. The molecule has 1 N–H and O–H groups in total. The summed E-state index contributed by atoms with van der Waals surface area (Å²) >= 11 is 0. The third kappa shape index (κ3) is 2.66. The predicted molar refractivity (Wildman–Crippen MR) is 82.1 cm³/mol. The number of nitrogens with zero attached hydrogens (tertiary/aromatic N) is 4. The molecule has 22 heavy (non-hydrogen) atoms. The van der Waals surface area contributed by atoms with Gasteiger partial charge in [0.15, 0.2) is 5.65 Å². The van der Waals surface area contributed by atoms with E-state index in [2.05, 4.69) is 15.0 Å². The van der Waals surface area contributed by atoms with Crippen LogP contribution in [-0.4, -0.2) is 51.1 Å². The number of hydrogen-bond acceptors (Lipinski definition) is 5. The predicted octanol–water partition coefficient (Wildman–Crippen LogP) is 0.496. The molecule has 2 aromatic rings. The lowest BCUT2D eigenvalue weighted by Gasteiger charge is -2.32. The fourth-order valence-electron chi connectivity index (χ4n) is 2.99. The van der Waals surface area contributed by atoms with Gasteiger partial charge in [0, 0.05) is 13.1 Å². The fourth-order valence-corrected chi connectivity index (χ4v) is 4.57. The summed E-state index contributed by atoms with van der Waals surface area (Å²) in [6.07, 6.45) is 5.02. The largest absolute Gasteiger partial charge is 0.328 e. The van der Waals surface area contributed by atoms with E-state index in [-0.39, 0.29) is 17.5 Å². The summed E-state index contributed by atoms with van der Waals surface area (Å²) < 4.78 is 27.6. The van der Waals surface area contributed by atoms with Crippen molar-refractivity contribution in [2.45, 2.75) is 32.2 Å². The van der Waals surface area contributed by atoms with Gasteiger partial charge in [-0.1, -0.05) is 6.92 Å². The first-order valence-corrected chi connectivity index (χ1v) is 9.02. The Bertz CT molecular complexity index is 826. The molecule has 120 valence electrons. The van der Waals surface area contributed by atoms with Gasteiger partial charge in [0.2, 0.25) is 10.0 Å². The molecule has 0 spiro atoms. The fraction of sp³-hybridized carbons (Fsp3) is 0.615. The lowest BCUT2D eigenvalue weighted by Crippen LogP contribution is -2.43. The van der Waals surface area contributed by atoms with E-state index >= 15 is 0 Å².